The molecule has 3 rings (SSSR count). The maximum absolute atomic E-state index is 12.7. The number of aromatic nitrogens is 1. The molecule has 0 bridgehead atoms. The molecule has 2 aliphatic heterocycles. The van der Waals surface area contributed by atoms with Crippen LogP contribution in [0.3, 0.4) is 0 Å². The number of amides is 1. The summed E-state index contributed by atoms with van der Waals surface area (Å²) in [5.41, 5.74) is 0.540. The van der Waals surface area contributed by atoms with Gasteiger partial charge in [-0.1, -0.05) is 11.6 Å². The van der Waals surface area contributed by atoms with Crippen molar-refractivity contribution in [3.63, 3.8) is 0 Å². The van der Waals surface area contributed by atoms with Gasteiger partial charge in [0, 0.05) is 32.4 Å². The van der Waals surface area contributed by atoms with Crippen molar-refractivity contribution < 1.29 is 4.79 Å². The first-order valence-corrected chi connectivity index (χ1v) is 7.93. The van der Waals surface area contributed by atoms with Crippen LogP contribution in [0.1, 0.15) is 29.6 Å². The average molecular weight is 309 g/mol. The zero-order chi connectivity index (χ0) is 14.8. The minimum Gasteiger partial charge on any atom is -0.373 e. The second-order valence-corrected chi connectivity index (χ2v) is 6.14. The molecule has 1 aromatic heterocycles. The van der Waals surface area contributed by atoms with Gasteiger partial charge in [0.2, 0.25) is 0 Å². The molecule has 114 valence electrons. The Hall–Kier alpha value is -1.33. The molecule has 0 spiro atoms. The van der Waals surface area contributed by atoms with Crippen LogP contribution in [0, 0.1) is 0 Å². The van der Waals surface area contributed by atoms with Gasteiger partial charge >= 0.3 is 0 Å². The normalized spacial score (nSPS) is 22.8. The summed E-state index contributed by atoms with van der Waals surface area (Å²) >= 11 is 6.14. The molecule has 6 heteroatoms. The third-order valence-corrected chi connectivity index (χ3v) is 4.75. The third kappa shape index (κ3) is 2.99. The lowest BCUT2D eigenvalue weighted by atomic mass is 10.2. The summed E-state index contributed by atoms with van der Waals surface area (Å²) in [5.74, 6) is 0.679. The molecule has 5 nitrogen and oxygen atoms in total. The highest BCUT2D eigenvalue weighted by atomic mass is 35.5. The standard InChI is InChI=1S/C15H21ClN4O/c1-17-14-8-12(13(16)9-18-14)15(21)20-7-4-11(10-20)19-5-2-3-6-19/h8-9,11H,2-7,10H2,1H3,(H,17,18). The molecule has 0 aliphatic carbocycles. The van der Waals surface area contributed by atoms with Crippen LogP contribution < -0.4 is 5.32 Å². The Balaban J connectivity index is 1.71. The van der Waals surface area contributed by atoms with Crippen molar-refractivity contribution in [1.82, 2.24) is 14.8 Å². The first-order chi connectivity index (χ1) is 10.2. The minimum absolute atomic E-state index is 0.0144. The van der Waals surface area contributed by atoms with Gasteiger partial charge < -0.3 is 10.2 Å². The van der Waals surface area contributed by atoms with Crippen molar-refractivity contribution in [3.8, 4) is 0 Å². The maximum atomic E-state index is 12.7. The molecule has 21 heavy (non-hydrogen) atoms. The SMILES string of the molecule is CNc1cc(C(=O)N2CCC(N3CCCC3)C2)c(Cl)cn1. The van der Waals surface area contributed by atoms with Crippen molar-refractivity contribution in [2.24, 2.45) is 0 Å². The highest BCUT2D eigenvalue weighted by Crippen LogP contribution is 2.25. The quantitative estimate of drug-likeness (QED) is 0.929. The Kier molecular flexibility index (Phi) is 4.31. The molecule has 1 aromatic rings. The van der Waals surface area contributed by atoms with Crippen LogP contribution in [-0.4, -0.2) is 60.0 Å². The van der Waals surface area contributed by atoms with Gasteiger partial charge in [0.25, 0.3) is 5.91 Å². The fraction of sp³-hybridized carbons (Fsp3) is 0.600. The monoisotopic (exact) mass is 308 g/mol. The van der Waals surface area contributed by atoms with Crippen LogP contribution >= 0.6 is 11.6 Å². The zero-order valence-corrected chi connectivity index (χ0v) is 13.1. The molecule has 0 radical (unpaired) electrons. The molecule has 1 unspecified atom stereocenters. The summed E-state index contributed by atoms with van der Waals surface area (Å²) < 4.78 is 0. The van der Waals surface area contributed by atoms with E-state index in [1.54, 1.807) is 13.1 Å². The second kappa shape index (κ2) is 6.20. The number of pyridine rings is 1. The van der Waals surface area contributed by atoms with Gasteiger partial charge in [-0.3, -0.25) is 9.69 Å². The predicted molar refractivity (Wildman–Crippen MR) is 83.9 cm³/mol. The highest BCUT2D eigenvalue weighted by Gasteiger charge is 2.32. The summed E-state index contributed by atoms with van der Waals surface area (Å²) in [6.45, 7) is 3.97. The van der Waals surface area contributed by atoms with Gasteiger partial charge in [0.05, 0.1) is 10.6 Å². The van der Waals surface area contributed by atoms with Crippen LogP contribution in [0.15, 0.2) is 12.3 Å². The molecular formula is C15H21ClN4O. The van der Waals surface area contributed by atoms with Gasteiger partial charge in [0.1, 0.15) is 5.82 Å². The molecule has 0 saturated carbocycles. The number of likely N-dealkylation sites (tertiary alicyclic amines) is 2. The largest absolute Gasteiger partial charge is 0.373 e. The van der Waals surface area contributed by atoms with Crippen LogP contribution in [0.25, 0.3) is 0 Å². The van der Waals surface area contributed by atoms with E-state index in [1.165, 1.54) is 32.1 Å². The predicted octanol–water partition coefficient (Wildman–Crippen LogP) is 2.09. The molecule has 1 amide bonds. The maximum Gasteiger partial charge on any atom is 0.255 e. The van der Waals surface area contributed by atoms with E-state index in [0.29, 0.717) is 22.4 Å². The number of anilines is 1. The van der Waals surface area contributed by atoms with Crippen LogP contribution in [0.2, 0.25) is 5.02 Å². The summed E-state index contributed by atoms with van der Waals surface area (Å²) in [6.07, 6.45) is 5.17. The van der Waals surface area contributed by atoms with E-state index in [9.17, 15) is 4.79 Å². The number of carbonyl (C=O) groups excluding carboxylic acids is 1. The number of carbonyl (C=O) groups is 1. The van der Waals surface area contributed by atoms with Crippen molar-refractivity contribution >= 4 is 23.3 Å². The summed E-state index contributed by atoms with van der Waals surface area (Å²) in [7, 11) is 1.78. The van der Waals surface area contributed by atoms with Crippen LogP contribution in [-0.2, 0) is 0 Å². The van der Waals surface area contributed by atoms with E-state index in [1.807, 2.05) is 4.90 Å². The molecule has 0 aromatic carbocycles. The van der Waals surface area contributed by atoms with E-state index in [-0.39, 0.29) is 5.91 Å². The van der Waals surface area contributed by atoms with Crippen molar-refractivity contribution in [2.75, 3.05) is 38.5 Å². The Morgan fingerprint density at radius 1 is 1.38 bits per heavy atom. The fourth-order valence-corrected chi connectivity index (χ4v) is 3.42. The highest BCUT2D eigenvalue weighted by molar-refractivity contribution is 6.33. The number of hydrogen-bond acceptors (Lipinski definition) is 4. The Labute approximate surface area is 130 Å². The number of rotatable bonds is 3. The van der Waals surface area contributed by atoms with Gasteiger partial charge in [-0.05, 0) is 38.4 Å². The molecule has 1 atom stereocenters. The number of halogens is 1. The van der Waals surface area contributed by atoms with E-state index >= 15 is 0 Å². The molecule has 2 saturated heterocycles. The Morgan fingerprint density at radius 3 is 2.86 bits per heavy atom. The molecule has 2 fully saturated rings. The van der Waals surface area contributed by atoms with E-state index in [4.69, 9.17) is 11.6 Å². The van der Waals surface area contributed by atoms with E-state index < -0.39 is 0 Å². The molecule has 3 heterocycles. The first kappa shape index (κ1) is 14.6. The summed E-state index contributed by atoms with van der Waals surface area (Å²) in [5, 5.41) is 3.36. The fourth-order valence-electron chi connectivity index (χ4n) is 3.24. The van der Waals surface area contributed by atoms with Crippen molar-refractivity contribution in [3.05, 3.63) is 22.8 Å². The lowest BCUT2D eigenvalue weighted by Crippen LogP contribution is -2.37. The molecule has 1 N–H and O–H groups in total. The average Bonchev–Trinajstić information content (AvgIpc) is 3.18. The summed E-state index contributed by atoms with van der Waals surface area (Å²) in [6, 6.07) is 2.24. The van der Waals surface area contributed by atoms with Crippen molar-refractivity contribution in [2.45, 2.75) is 25.3 Å². The lowest BCUT2D eigenvalue weighted by molar-refractivity contribution is 0.0780. The minimum atomic E-state index is 0.0144. The van der Waals surface area contributed by atoms with Gasteiger partial charge in [0.15, 0.2) is 0 Å². The summed E-state index contributed by atoms with van der Waals surface area (Å²) in [4.78, 5) is 21.2. The molecular weight excluding hydrogens is 288 g/mol. The second-order valence-electron chi connectivity index (χ2n) is 5.74. The topological polar surface area (TPSA) is 48.5 Å². The first-order valence-electron chi connectivity index (χ1n) is 7.55. The smallest absolute Gasteiger partial charge is 0.255 e. The Morgan fingerprint density at radius 2 is 2.14 bits per heavy atom. The Bertz CT molecular complexity index is 530. The molecule has 2 aliphatic rings. The van der Waals surface area contributed by atoms with Crippen LogP contribution in [0.4, 0.5) is 5.82 Å². The third-order valence-electron chi connectivity index (χ3n) is 4.45. The van der Waals surface area contributed by atoms with Crippen molar-refractivity contribution in [1.29, 1.82) is 0 Å². The number of nitrogens with one attached hydrogen (secondary N) is 1. The zero-order valence-electron chi connectivity index (χ0n) is 12.3. The van der Waals surface area contributed by atoms with E-state index in [2.05, 4.69) is 15.2 Å². The van der Waals surface area contributed by atoms with Gasteiger partial charge in [-0.25, -0.2) is 4.98 Å². The van der Waals surface area contributed by atoms with Gasteiger partial charge in [-0.15, -0.1) is 0 Å². The van der Waals surface area contributed by atoms with E-state index in [0.717, 1.165) is 19.5 Å². The number of nitrogens with zero attached hydrogens (tertiary/aromatic N) is 3. The number of hydrogen-bond donors (Lipinski definition) is 1. The van der Waals surface area contributed by atoms with Gasteiger partial charge in [-0.2, -0.15) is 0 Å². The lowest BCUT2D eigenvalue weighted by Gasteiger charge is -2.23. The van der Waals surface area contributed by atoms with Crippen LogP contribution in [0.5, 0.6) is 0 Å².